The highest BCUT2D eigenvalue weighted by atomic mass is 16.7. The molecule has 0 saturated heterocycles. The van der Waals surface area contributed by atoms with Gasteiger partial charge in [0.05, 0.1) is 0 Å². The van der Waals surface area contributed by atoms with E-state index >= 15 is 0 Å². The van der Waals surface area contributed by atoms with Crippen LogP contribution in [0.1, 0.15) is 27.5 Å². The molecule has 0 spiro atoms. The number of benzene rings is 1. The molecule has 0 aromatic heterocycles. The van der Waals surface area contributed by atoms with Crippen molar-refractivity contribution >= 4 is 0 Å². The molecule has 1 aliphatic rings. The van der Waals surface area contributed by atoms with E-state index in [0.717, 1.165) is 18.2 Å². The van der Waals surface area contributed by atoms with Crippen LogP contribution in [0.3, 0.4) is 0 Å². The Morgan fingerprint density at radius 1 is 1.79 bits per heavy atom. The number of fused-ring (bicyclic) bond motifs is 1. The molecule has 1 heterocycles. The molecule has 14 heavy (non-hydrogen) atoms. The van der Waals surface area contributed by atoms with Gasteiger partial charge in [-0.1, -0.05) is 6.07 Å². The summed E-state index contributed by atoms with van der Waals surface area (Å²) in [5.41, 5.74) is -0.481. The Kier molecular flexibility index (Phi) is 0.740. The molecule has 3 nitrogen and oxygen atoms in total. The molecule has 1 atom stereocenters. The highest BCUT2D eigenvalue weighted by Crippen LogP contribution is 2.32. The summed E-state index contributed by atoms with van der Waals surface area (Å²) in [7, 11) is 0. The monoisotopic (exact) mass is 205 g/mol. The van der Waals surface area contributed by atoms with Gasteiger partial charge >= 0.3 is 0 Å². The van der Waals surface area contributed by atoms with Gasteiger partial charge in [0.15, 0.2) is 11.5 Å². The van der Waals surface area contributed by atoms with Crippen molar-refractivity contribution in [2.45, 2.75) is 19.2 Å². The van der Waals surface area contributed by atoms with Crippen molar-refractivity contribution < 1.29 is 26.0 Å². The first-order valence-corrected chi connectivity index (χ1v) is 3.75. The van der Waals surface area contributed by atoms with Gasteiger partial charge in [0.25, 0.3) is 0 Å². The summed E-state index contributed by atoms with van der Waals surface area (Å²) >= 11 is 0. The SMILES string of the molecule is [2H]N(C([2H])([2H])[2H])C([2H])(C([2H])([2H])[2H])C([2H])([2H])c1ccc2c(c1)OC([2H])([2H])O2. The average molecular weight is 205 g/mol. The summed E-state index contributed by atoms with van der Waals surface area (Å²) in [6, 6.07) is -0.455. The van der Waals surface area contributed by atoms with Crippen LogP contribution in [0.15, 0.2) is 18.2 Å². The van der Waals surface area contributed by atoms with Gasteiger partial charge in [-0.05, 0) is 37.9 Å². The van der Waals surface area contributed by atoms with Crippen LogP contribution < -0.4 is 14.8 Å². The summed E-state index contributed by atoms with van der Waals surface area (Å²) in [6.45, 7) is -9.40. The summed E-state index contributed by atoms with van der Waals surface area (Å²) in [5, 5.41) is -0.559. The van der Waals surface area contributed by atoms with Crippen molar-refractivity contribution in [3.63, 3.8) is 0 Å². The van der Waals surface area contributed by atoms with E-state index in [2.05, 4.69) is 0 Å². The third kappa shape index (κ3) is 1.82. The number of hydrogen-bond donors (Lipinski definition) is 1. The van der Waals surface area contributed by atoms with Gasteiger partial charge in [0, 0.05) is 18.4 Å². The molecule has 0 bridgehead atoms. The molecule has 0 fully saturated rings. The average Bonchev–Trinajstić information content (AvgIpc) is 2.75. The number of hydrogen-bond acceptors (Lipinski definition) is 3. The third-order valence-corrected chi connectivity index (χ3v) is 1.62. The van der Waals surface area contributed by atoms with Crippen LogP contribution in [0.2, 0.25) is 1.41 Å². The van der Waals surface area contributed by atoms with Crippen molar-refractivity contribution in [3.05, 3.63) is 23.8 Å². The van der Waals surface area contributed by atoms with E-state index in [4.69, 9.17) is 26.0 Å². The van der Waals surface area contributed by atoms with Gasteiger partial charge in [0.2, 0.25) is 6.75 Å². The molecule has 1 N–H and O–H groups in total. The van der Waals surface area contributed by atoms with Gasteiger partial charge < -0.3 is 14.8 Å². The fraction of sp³-hybridized carbons (Fsp3) is 0.455. The molecule has 76 valence electrons. The third-order valence-electron chi connectivity index (χ3n) is 1.62. The minimum atomic E-state index is -3.52. The Labute approximate surface area is 101 Å². The van der Waals surface area contributed by atoms with Gasteiger partial charge in [-0.2, -0.15) is 0 Å². The second kappa shape index (κ2) is 3.88. The van der Waals surface area contributed by atoms with Crippen molar-refractivity contribution in [1.82, 2.24) is 5.31 Å². The molecule has 2 rings (SSSR count). The number of likely N-dealkylation sites (N-methyl/N-ethyl adjacent to an activating group) is 1. The van der Waals surface area contributed by atoms with E-state index in [-0.39, 0.29) is 11.5 Å². The second-order valence-corrected chi connectivity index (χ2v) is 2.53. The summed E-state index contributed by atoms with van der Waals surface area (Å²) < 4.78 is 101. The van der Waals surface area contributed by atoms with E-state index < -0.39 is 43.8 Å². The Morgan fingerprint density at radius 3 is 3.57 bits per heavy atom. The van der Waals surface area contributed by atoms with Gasteiger partial charge in [0.1, 0.15) is 4.15 Å². The predicted octanol–water partition coefficient (Wildman–Crippen LogP) is 1.57. The Bertz CT molecular complexity index is 699. The van der Waals surface area contributed by atoms with Crippen molar-refractivity contribution in [2.75, 3.05) is 13.7 Å². The van der Waals surface area contributed by atoms with E-state index in [1.165, 1.54) is 0 Å². The lowest BCUT2D eigenvalue weighted by atomic mass is 10.1. The summed E-state index contributed by atoms with van der Waals surface area (Å²) in [4.78, 5) is 0. The molecule has 0 saturated carbocycles. The van der Waals surface area contributed by atoms with Crippen molar-refractivity contribution in [2.24, 2.45) is 0 Å². The number of ether oxygens (including phenoxy) is 2. The zero-order valence-corrected chi connectivity index (χ0v) is 7.00. The van der Waals surface area contributed by atoms with Gasteiger partial charge in [-0.15, -0.1) is 0 Å². The van der Waals surface area contributed by atoms with E-state index in [1.54, 1.807) is 0 Å². The minimum Gasteiger partial charge on any atom is -0.454 e. The first-order chi connectivity index (χ1) is 11.4. The van der Waals surface area contributed by atoms with Crippen LogP contribution in [0.25, 0.3) is 0 Å². The largest absolute Gasteiger partial charge is 0.454 e. The maximum atomic E-state index is 8.17. The normalized spacial score (nSPS) is 37.2. The Hall–Kier alpha value is -1.22. The van der Waals surface area contributed by atoms with Crippen LogP contribution >= 0.6 is 0 Å². The number of nitrogens with one attached hydrogen (secondary N) is 1. The molecular weight excluding hydrogens is 178 g/mol. The van der Waals surface area contributed by atoms with E-state index in [0.29, 0.717) is 0 Å². The zero-order chi connectivity index (χ0) is 20.3. The first-order valence-electron chi connectivity index (χ1n) is 9.70. The fourth-order valence-corrected chi connectivity index (χ4v) is 1.03. The molecule has 0 amide bonds. The second-order valence-electron chi connectivity index (χ2n) is 2.53. The topological polar surface area (TPSA) is 30.5 Å². The highest BCUT2D eigenvalue weighted by molar-refractivity contribution is 5.44. The van der Waals surface area contributed by atoms with Crippen LogP contribution in [-0.2, 0) is 6.37 Å². The molecular formula is C11H15NO2. The Morgan fingerprint density at radius 2 is 2.71 bits per heavy atom. The van der Waals surface area contributed by atoms with Crippen molar-refractivity contribution in [3.8, 4) is 11.5 Å². The molecule has 0 radical (unpaired) electrons. The molecule has 3 heteroatoms. The zero-order valence-electron chi connectivity index (χ0n) is 19.0. The summed E-state index contributed by atoms with van der Waals surface area (Å²) in [5.74, 6) is -0.313. The first kappa shape index (κ1) is 2.67. The van der Waals surface area contributed by atoms with Crippen molar-refractivity contribution in [1.29, 1.82) is 0 Å². The van der Waals surface area contributed by atoms with Crippen LogP contribution in [-0.4, -0.2) is 19.7 Å². The van der Waals surface area contributed by atoms with Crippen LogP contribution in [0, 0.1) is 0 Å². The fourth-order valence-electron chi connectivity index (χ4n) is 1.03. The lowest BCUT2D eigenvalue weighted by Crippen LogP contribution is -2.23. The summed E-state index contributed by atoms with van der Waals surface area (Å²) in [6.07, 6.45) is -3.18. The van der Waals surface area contributed by atoms with E-state index in [1.807, 2.05) is 0 Å². The predicted molar refractivity (Wildman–Crippen MR) is 54.8 cm³/mol. The lowest BCUT2D eigenvalue weighted by molar-refractivity contribution is 0.174. The van der Waals surface area contributed by atoms with Crippen LogP contribution in [0.5, 0.6) is 11.5 Å². The molecule has 0 aliphatic carbocycles. The van der Waals surface area contributed by atoms with Gasteiger partial charge in [-0.3, -0.25) is 0 Å². The van der Waals surface area contributed by atoms with E-state index in [9.17, 15) is 0 Å². The molecule has 1 unspecified atom stereocenters. The van der Waals surface area contributed by atoms with Crippen LogP contribution in [0.4, 0.5) is 0 Å². The highest BCUT2D eigenvalue weighted by Gasteiger charge is 2.13. The van der Waals surface area contributed by atoms with Gasteiger partial charge in [-0.25, -0.2) is 0 Å². The quantitative estimate of drug-likeness (QED) is 0.812. The maximum Gasteiger partial charge on any atom is 0.231 e. The minimum absolute atomic E-state index is 0.0717. The molecule has 1 aromatic rings. The molecule has 1 aromatic carbocycles. The maximum absolute atomic E-state index is 8.17. The smallest absolute Gasteiger partial charge is 0.231 e. The number of rotatable bonds is 3. The molecule has 1 aliphatic heterocycles. The Balaban J connectivity index is 2.59. The lowest BCUT2D eigenvalue weighted by Gasteiger charge is -2.09. The standard InChI is InChI=1S/C11H15NO2/c1-8(12-2)5-9-3-4-10-11(6-9)14-7-13-10/h3-4,6,8,12H,5,7H2,1-2H3/i1D3,2D3,5D2,7D2,8D/hD.